The minimum Gasteiger partial charge on any atom is -0.374 e. The van der Waals surface area contributed by atoms with Gasteiger partial charge >= 0.3 is 0 Å². The first kappa shape index (κ1) is 17.9. The van der Waals surface area contributed by atoms with E-state index in [0.29, 0.717) is 30.8 Å². The number of halogens is 1. The highest BCUT2D eigenvalue weighted by atomic mass is 19.1. The molecule has 3 saturated heterocycles. The van der Waals surface area contributed by atoms with Crippen LogP contribution in [0.1, 0.15) is 38.7 Å². The van der Waals surface area contributed by atoms with Crippen LogP contribution in [0.15, 0.2) is 24.3 Å². The van der Waals surface area contributed by atoms with Gasteiger partial charge in [0.2, 0.25) is 5.91 Å². The van der Waals surface area contributed by atoms with Gasteiger partial charge in [-0.25, -0.2) is 4.39 Å². The zero-order chi connectivity index (χ0) is 18.3. The van der Waals surface area contributed by atoms with Crippen molar-refractivity contribution in [2.75, 3.05) is 19.7 Å². The largest absolute Gasteiger partial charge is 0.374 e. The van der Waals surface area contributed by atoms with Crippen molar-refractivity contribution in [3.05, 3.63) is 35.6 Å². The highest BCUT2D eigenvalue weighted by Gasteiger charge is 2.49. The van der Waals surface area contributed by atoms with Crippen LogP contribution in [0.2, 0.25) is 0 Å². The first-order chi connectivity index (χ1) is 12.5. The van der Waals surface area contributed by atoms with Crippen molar-refractivity contribution in [1.82, 2.24) is 9.80 Å². The van der Waals surface area contributed by atoms with Crippen LogP contribution in [0.4, 0.5) is 4.39 Å². The van der Waals surface area contributed by atoms with Crippen LogP contribution in [-0.2, 0) is 16.1 Å². The molecule has 3 fully saturated rings. The number of amides is 1. The molecule has 1 aromatic rings. The van der Waals surface area contributed by atoms with E-state index in [1.807, 2.05) is 12.1 Å². The number of morpholine rings is 1. The van der Waals surface area contributed by atoms with Gasteiger partial charge in [-0.05, 0) is 42.4 Å². The van der Waals surface area contributed by atoms with Crippen LogP contribution in [-0.4, -0.2) is 53.6 Å². The molecule has 0 spiro atoms. The Labute approximate surface area is 155 Å². The average molecular weight is 360 g/mol. The Bertz CT molecular complexity index is 648. The normalized spacial score (nSPS) is 32.5. The Kier molecular flexibility index (Phi) is 5.02. The van der Waals surface area contributed by atoms with Crippen LogP contribution in [0.3, 0.4) is 0 Å². The second-order valence-electron chi connectivity index (χ2n) is 8.42. The van der Waals surface area contributed by atoms with Gasteiger partial charge in [0.05, 0.1) is 24.8 Å². The number of hydrogen-bond donors (Lipinski definition) is 0. The topological polar surface area (TPSA) is 32.8 Å². The average Bonchev–Trinajstić information content (AvgIpc) is 2.80. The van der Waals surface area contributed by atoms with Crippen molar-refractivity contribution in [2.24, 2.45) is 11.8 Å². The lowest BCUT2D eigenvalue weighted by Gasteiger charge is -2.52. The second kappa shape index (κ2) is 7.28. The number of likely N-dealkylation sites (tertiary alicyclic amines) is 1. The molecule has 142 valence electrons. The highest BCUT2D eigenvalue weighted by molar-refractivity contribution is 5.78. The van der Waals surface area contributed by atoms with Crippen LogP contribution in [0, 0.1) is 17.7 Å². The predicted octanol–water partition coefficient (Wildman–Crippen LogP) is 3.06. The van der Waals surface area contributed by atoms with E-state index in [-0.39, 0.29) is 24.0 Å². The molecular formula is C21H29FN2O2. The molecule has 26 heavy (non-hydrogen) atoms. The van der Waals surface area contributed by atoms with Crippen molar-refractivity contribution >= 4 is 5.91 Å². The van der Waals surface area contributed by atoms with Gasteiger partial charge in [-0.2, -0.15) is 0 Å². The number of carbonyl (C=O) groups excluding carboxylic acids is 1. The maximum Gasteiger partial charge on any atom is 0.223 e. The monoisotopic (exact) mass is 360 g/mol. The predicted molar refractivity (Wildman–Crippen MR) is 98.0 cm³/mol. The molecule has 1 amide bonds. The van der Waals surface area contributed by atoms with Crippen LogP contribution < -0.4 is 0 Å². The third kappa shape index (κ3) is 3.39. The lowest BCUT2D eigenvalue weighted by molar-refractivity contribution is -0.172. The lowest BCUT2D eigenvalue weighted by atomic mass is 9.81. The Hall–Kier alpha value is -1.46. The van der Waals surface area contributed by atoms with Gasteiger partial charge in [-0.1, -0.05) is 26.0 Å². The minimum absolute atomic E-state index is 0.150. The molecule has 1 aromatic carbocycles. The summed E-state index contributed by atoms with van der Waals surface area (Å²) in [6.45, 7) is 7.80. The molecule has 0 saturated carbocycles. The van der Waals surface area contributed by atoms with Crippen molar-refractivity contribution in [1.29, 1.82) is 0 Å². The van der Waals surface area contributed by atoms with Gasteiger partial charge in [-0.15, -0.1) is 0 Å². The third-order valence-electron chi connectivity index (χ3n) is 6.35. The van der Waals surface area contributed by atoms with Gasteiger partial charge < -0.3 is 9.64 Å². The summed E-state index contributed by atoms with van der Waals surface area (Å²) in [5, 5.41) is 0. The molecule has 3 aliphatic rings. The summed E-state index contributed by atoms with van der Waals surface area (Å²) in [7, 11) is 0. The molecule has 0 aromatic heterocycles. The maximum absolute atomic E-state index is 13.2. The molecular weight excluding hydrogens is 331 g/mol. The first-order valence-electron chi connectivity index (χ1n) is 9.92. The van der Waals surface area contributed by atoms with Gasteiger partial charge in [0, 0.05) is 26.1 Å². The van der Waals surface area contributed by atoms with Crippen molar-refractivity contribution in [3.63, 3.8) is 0 Å². The van der Waals surface area contributed by atoms with E-state index in [9.17, 15) is 9.18 Å². The van der Waals surface area contributed by atoms with E-state index in [1.54, 1.807) is 0 Å². The molecule has 4 rings (SSSR count). The molecule has 3 aliphatic heterocycles. The Morgan fingerprint density at radius 1 is 1.23 bits per heavy atom. The third-order valence-corrected chi connectivity index (χ3v) is 6.35. The lowest BCUT2D eigenvalue weighted by Crippen LogP contribution is -2.65. The highest BCUT2D eigenvalue weighted by Crippen LogP contribution is 2.38. The van der Waals surface area contributed by atoms with E-state index in [1.165, 1.54) is 12.1 Å². The van der Waals surface area contributed by atoms with Crippen LogP contribution in [0.25, 0.3) is 0 Å². The number of carbonyl (C=O) groups is 1. The Balaban J connectivity index is 1.53. The second-order valence-corrected chi connectivity index (χ2v) is 8.42. The number of benzene rings is 1. The van der Waals surface area contributed by atoms with E-state index in [4.69, 9.17) is 4.74 Å². The molecule has 0 N–H and O–H groups in total. The smallest absolute Gasteiger partial charge is 0.223 e. The van der Waals surface area contributed by atoms with E-state index < -0.39 is 0 Å². The summed E-state index contributed by atoms with van der Waals surface area (Å²) in [5.41, 5.74) is 1.14. The summed E-state index contributed by atoms with van der Waals surface area (Å²) in [5.74, 6) is 0.995. The van der Waals surface area contributed by atoms with Crippen LogP contribution in [0.5, 0.6) is 0 Å². The standard InChI is InChI=1S/C21H29FN2O2/c1-14(2)18-13-26-19-9-10-23(11-15-3-6-17(22)7-4-15)12-16-5-8-20(25)24(18)21(16)19/h3-4,6-7,14,16,18-19,21H,5,8-13H2,1-2H3/t16-,18-,19-,21?/m1/s1. The number of piperidine rings is 1. The van der Waals surface area contributed by atoms with Gasteiger partial charge in [0.1, 0.15) is 5.82 Å². The fourth-order valence-electron chi connectivity index (χ4n) is 4.98. The quantitative estimate of drug-likeness (QED) is 0.831. The fraction of sp³-hybridized carbons (Fsp3) is 0.667. The summed E-state index contributed by atoms with van der Waals surface area (Å²) in [6, 6.07) is 7.23. The van der Waals surface area contributed by atoms with Crippen molar-refractivity contribution in [2.45, 2.75) is 57.8 Å². The number of rotatable bonds is 3. The SMILES string of the molecule is CC(C)[C@H]1CO[C@@H]2CCN(Cc3ccc(F)cc3)C[C@H]3CCC(=O)N1C32. The van der Waals surface area contributed by atoms with Gasteiger partial charge in [0.25, 0.3) is 0 Å². The zero-order valence-electron chi connectivity index (χ0n) is 15.7. The summed E-state index contributed by atoms with van der Waals surface area (Å²) < 4.78 is 19.4. The number of nitrogens with zero attached hydrogens (tertiary/aromatic N) is 2. The molecule has 1 unspecified atom stereocenters. The molecule has 4 nitrogen and oxygen atoms in total. The Morgan fingerprint density at radius 3 is 2.73 bits per heavy atom. The van der Waals surface area contributed by atoms with Gasteiger partial charge in [0.15, 0.2) is 0 Å². The molecule has 0 bridgehead atoms. The minimum atomic E-state index is -0.190. The maximum atomic E-state index is 13.2. The number of hydrogen-bond acceptors (Lipinski definition) is 3. The molecule has 3 heterocycles. The molecule has 0 radical (unpaired) electrons. The van der Waals surface area contributed by atoms with Gasteiger partial charge in [-0.3, -0.25) is 9.69 Å². The molecule has 5 heteroatoms. The molecule has 0 aliphatic carbocycles. The Morgan fingerprint density at radius 2 is 2.00 bits per heavy atom. The van der Waals surface area contributed by atoms with Crippen LogP contribution >= 0.6 is 0 Å². The zero-order valence-corrected chi connectivity index (χ0v) is 15.7. The van der Waals surface area contributed by atoms with Crippen molar-refractivity contribution in [3.8, 4) is 0 Å². The summed E-state index contributed by atoms with van der Waals surface area (Å²) in [6.07, 6.45) is 2.71. The summed E-state index contributed by atoms with van der Waals surface area (Å²) in [4.78, 5) is 17.4. The first-order valence-corrected chi connectivity index (χ1v) is 9.92. The number of ether oxygens (including phenoxy) is 1. The fourth-order valence-corrected chi connectivity index (χ4v) is 4.98. The van der Waals surface area contributed by atoms with Crippen molar-refractivity contribution < 1.29 is 13.9 Å². The van der Waals surface area contributed by atoms with E-state index in [0.717, 1.165) is 38.0 Å². The molecule has 4 atom stereocenters. The summed E-state index contributed by atoms with van der Waals surface area (Å²) >= 11 is 0. The van der Waals surface area contributed by atoms with E-state index >= 15 is 0 Å². The van der Waals surface area contributed by atoms with E-state index in [2.05, 4.69) is 23.6 Å².